The molecule has 0 bridgehead atoms. The van der Waals surface area contributed by atoms with Gasteiger partial charge in [0.15, 0.2) is 5.75 Å². The molecule has 4 rings (SSSR count). The van der Waals surface area contributed by atoms with Crippen LogP contribution in [0.2, 0.25) is 15.1 Å². The van der Waals surface area contributed by atoms with Crippen LogP contribution in [0.5, 0.6) is 11.5 Å². The van der Waals surface area contributed by atoms with E-state index < -0.39 is 29.3 Å². The highest BCUT2D eigenvalue weighted by atomic mass is 35.5. The number of para-hydroxylation sites is 1. The summed E-state index contributed by atoms with van der Waals surface area (Å²) in [6.45, 7) is 0. The molecule has 1 heterocycles. The fourth-order valence-electron chi connectivity index (χ4n) is 3.97. The van der Waals surface area contributed by atoms with Crippen LogP contribution in [0.4, 0.5) is 10.1 Å². The Balaban J connectivity index is 2.01. The molecular formula is C25H17Cl3FNO5. The van der Waals surface area contributed by atoms with Gasteiger partial charge >= 0.3 is 0 Å². The summed E-state index contributed by atoms with van der Waals surface area (Å²) < 4.78 is 24.5. The van der Waals surface area contributed by atoms with Crippen LogP contribution in [-0.4, -0.2) is 31.0 Å². The van der Waals surface area contributed by atoms with E-state index in [0.29, 0.717) is 11.3 Å². The molecule has 1 saturated heterocycles. The van der Waals surface area contributed by atoms with Crippen molar-refractivity contribution in [3.05, 3.63) is 92.2 Å². The molecule has 0 radical (unpaired) electrons. The van der Waals surface area contributed by atoms with E-state index in [4.69, 9.17) is 44.3 Å². The van der Waals surface area contributed by atoms with E-state index in [1.54, 1.807) is 24.3 Å². The predicted molar refractivity (Wildman–Crippen MR) is 132 cm³/mol. The molecule has 0 aromatic heterocycles. The molecule has 10 heteroatoms. The zero-order chi connectivity index (χ0) is 25.4. The van der Waals surface area contributed by atoms with Gasteiger partial charge in [0.2, 0.25) is 0 Å². The molecule has 180 valence electrons. The molecule has 3 aromatic rings. The lowest BCUT2D eigenvalue weighted by molar-refractivity contribution is -0.132. The van der Waals surface area contributed by atoms with Crippen molar-refractivity contribution in [1.82, 2.24) is 0 Å². The van der Waals surface area contributed by atoms with Crippen LogP contribution in [0.25, 0.3) is 5.76 Å². The van der Waals surface area contributed by atoms with E-state index in [1.165, 1.54) is 38.5 Å². The lowest BCUT2D eigenvalue weighted by atomic mass is 9.94. The van der Waals surface area contributed by atoms with Gasteiger partial charge in [-0.15, -0.1) is 0 Å². The van der Waals surface area contributed by atoms with E-state index in [0.717, 1.165) is 11.0 Å². The van der Waals surface area contributed by atoms with Crippen molar-refractivity contribution >= 4 is 57.9 Å². The number of benzene rings is 3. The number of methoxy groups -OCH3 is 2. The third kappa shape index (κ3) is 4.31. The number of rotatable bonds is 5. The number of hydrogen-bond acceptors (Lipinski definition) is 5. The number of nitrogens with zero attached hydrogens (tertiary/aromatic N) is 1. The number of carbonyl (C=O) groups is 2. The van der Waals surface area contributed by atoms with Gasteiger partial charge in [-0.3, -0.25) is 14.5 Å². The molecule has 1 aliphatic heterocycles. The van der Waals surface area contributed by atoms with Gasteiger partial charge in [0.05, 0.1) is 40.9 Å². The largest absolute Gasteiger partial charge is 0.507 e. The van der Waals surface area contributed by atoms with E-state index in [1.807, 2.05) is 0 Å². The number of aliphatic hydroxyl groups excluding tert-OH is 1. The molecular weight excluding hydrogens is 520 g/mol. The van der Waals surface area contributed by atoms with Crippen molar-refractivity contribution in [1.29, 1.82) is 0 Å². The maximum absolute atomic E-state index is 13.9. The number of hydrogen-bond donors (Lipinski definition) is 1. The van der Waals surface area contributed by atoms with Gasteiger partial charge in [-0.1, -0.05) is 53.0 Å². The quantitative estimate of drug-likeness (QED) is 0.231. The second-order valence-electron chi connectivity index (χ2n) is 7.48. The molecule has 1 fully saturated rings. The summed E-state index contributed by atoms with van der Waals surface area (Å²) in [4.78, 5) is 27.7. The monoisotopic (exact) mass is 535 g/mol. The van der Waals surface area contributed by atoms with E-state index in [-0.39, 0.29) is 37.6 Å². The summed E-state index contributed by atoms with van der Waals surface area (Å²) in [7, 11) is 2.82. The average molecular weight is 537 g/mol. The number of amides is 1. The zero-order valence-electron chi connectivity index (χ0n) is 18.3. The van der Waals surface area contributed by atoms with Gasteiger partial charge in [-0.25, -0.2) is 4.39 Å². The smallest absolute Gasteiger partial charge is 0.300 e. The minimum atomic E-state index is -1.13. The minimum absolute atomic E-state index is 0.0925. The fraction of sp³-hybridized carbons (Fsp3) is 0.120. The fourth-order valence-corrected chi connectivity index (χ4v) is 4.78. The molecule has 0 spiro atoms. The minimum Gasteiger partial charge on any atom is -0.507 e. The standard InChI is InChI=1S/C25H17Cl3FNO5/c1-34-19-6-4-3-5-14(19)21-20(22(31)12-9-16(27)24(35-2)17(28)10-12)23(32)25(33)30(21)13-7-8-18(29)15(26)11-13/h3-11,21,31H,1-2H3/b22-20+. The molecule has 0 saturated carbocycles. The normalized spacial score (nSPS) is 17.1. The van der Waals surface area contributed by atoms with Crippen LogP contribution in [0.15, 0.2) is 60.2 Å². The predicted octanol–water partition coefficient (Wildman–Crippen LogP) is 6.43. The Morgan fingerprint density at radius 1 is 0.943 bits per heavy atom. The second kappa shape index (κ2) is 9.77. The highest BCUT2D eigenvalue weighted by molar-refractivity contribution is 6.52. The van der Waals surface area contributed by atoms with Gasteiger partial charge in [-0.2, -0.15) is 0 Å². The number of anilines is 1. The number of ether oxygens (including phenoxy) is 2. The summed E-state index contributed by atoms with van der Waals surface area (Å²) in [5.74, 6) is -2.58. The molecule has 35 heavy (non-hydrogen) atoms. The summed E-state index contributed by atoms with van der Waals surface area (Å²) in [6, 6.07) is 11.9. The first-order valence-electron chi connectivity index (χ1n) is 10.1. The first-order chi connectivity index (χ1) is 16.7. The Hall–Kier alpha value is -3.26. The SMILES string of the molecule is COc1ccccc1C1/C(=C(\O)c2cc(Cl)c(OC)c(Cl)c2)C(=O)C(=O)N1c1ccc(F)c(Cl)c1. The van der Waals surface area contributed by atoms with Crippen LogP contribution < -0.4 is 14.4 Å². The summed E-state index contributed by atoms with van der Waals surface area (Å²) in [5, 5.41) is 11.2. The van der Waals surface area contributed by atoms with Crippen LogP contribution in [-0.2, 0) is 9.59 Å². The van der Waals surface area contributed by atoms with Gasteiger partial charge in [0, 0.05) is 16.8 Å². The van der Waals surface area contributed by atoms with Crippen LogP contribution in [0.1, 0.15) is 17.2 Å². The third-order valence-corrected chi connectivity index (χ3v) is 6.39. The lowest BCUT2D eigenvalue weighted by Crippen LogP contribution is -2.29. The molecule has 1 amide bonds. The number of aliphatic hydroxyl groups is 1. The van der Waals surface area contributed by atoms with Crippen molar-refractivity contribution < 1.29 is 28.6 Å². The number of Topliss-reactive ketones (excluding diaryl/α,β-unsaturated/α-hetero) is 1. The lowest BCUT2D eigenvalue weighted by Gasteiger charge is -2.27. The first kappa shape index (κ1) is 24.9. The van der Waals surface area contributed by atoms with E-state index in [2.05, 4.69) is 0 Å². The first-order valence-corrected chi connectivity index (χ1v) is 11.2. The summed E-state index contributed by atoms with van der Waals surface area (Å²) in [5.41, 5.74) is 0.411. The Morgan fingerprint density at radius 3 is 2.20 bits per heavy atom. The van der Waals surface area contributed by atoms with Crippen molar-refractivity contribution in [2.24, 2.45) is 0 Å². The van der Waals surface area contributed by atoms with Crippen molar-refractivity contribution in [2.75, 3.05) is 19.1 Å². The Bertz CT molecular complexity index is 1370. The topological polar surface area (TPSA) is 76.1 Å². The second-order valence-corrected chi connectivity index (χ2v) is 8.70. The molecule has 6 nitrogen and oxygen atoms in total. The zero-order valence-corrected chi connectivity index (χ0v) is 20.6. The van der Waals surface area contributed by atoms with Crippen LogP contribution >= 0.6 is 34.8 Å². The van der Waals surface area contributed by atoms with E-state index in [9.17, 15) is 19.1 Å². The van der Waals surface area contributed by atoms with Crippen LogP contribution in [0.3, 0.4) is 0 Å². The third-order valence-electron chi connectivity index (χ3n) is 5.54. The van der Waals surface area contributed by atoms with Gasteiger partial charge < -0.3 is 14.6 Å². The summed E-state index contributed by atoms with van der Waals surface area (Å²) >= 11 is 18.4. The molecule has 0 aliphatic carbocycles. The highest BCUT2D eigenvalue weighted by Crippen LogP contribution is 2.46. The summed E-state index contributed by atoms with van der Waals surface area (Å²) in [6.07, 6.45) is 0. The maximum atomic E-state index is 13.9. The average Bonchev–Trinajstić information content (AvgIpc) is 3.10. The van der Waals surface area contributed by atoms with Crippen molar-refractivity contribution in [3.63, 3.8) is 0 Å². The highest BCUT2D eigenvalue weighted by Gasteiger charge is 2.48. The van der Waals surface area contributed by atoms with Crippen molar-refractivity contribution in [2.45, 2.75) is 6.04 Å². The molecule has 1 aliphatic rings. The van der Waals surface area contributed by atoms with Gasteiger partial charge in [-0.05, 0) is 36.4 Å². The maximum Gasteiger partial charge on any atom is 0.300 e. The Kier molecular flexibility index (Phi) is 6.94. The van der Waals surface area contributed by atoms with Gasteiger partial charge in [0.25, 0.3) is 11.7 Å². The van der Waals surface area contributed by atoms with Crippen LogP contribution in [0, 0.1) is 5.82 Å². The molecule has 1 atom stereocenters. The molecule has 3 aromatic carbocycles. The Labute approximate surface area is 215 Å². The molecule has 1 N–H and O–H groups in total. The molecule has 1 unspecified atom stereocenters. The van der Waals surface area contributed by atoms with Gasteiger partial charge in [0.1, 0.15) is 17.3 Å². The number of carbonyl (C=O) groups excluding carboxylic acids is 2. The number of halogens is 4. The number of ketones is 1. The Morgan fingerprint density at radius 2 is 1.60 bits per heavy atom. The van der Waals surface area contributed by atoms with E-state index >= 15 is 0 Å². The van der Waals surface area contributed by atoms with Crippen molar-refractivity contribution in [3.8, 4) is 11.5 Å².